The van der Waals surface area contributed by atoms with E-state index in [1.165, 1.54) is 60.0 Å². The highest BCUT2D eigenvalue weighted by molar-refractivity contribution is 5.85. The first kappa shape index (κ1) is 24.9. The Balaban J connectivity index is 0.00000171. The van der Waals surface area contributed by atoms with E-state index in [4.69, 9.17) is 4.74 Å². The molecule has 1 aliphatic rings. The molecule has 0 heterocycles. The summed E-state index contributed by atoms with van der Waals surface area (Å²) >= 11 is 0. The summed E-state index contributed by atoms with van der Waals surface area (Å²) in [7, 11) is 4.32. The van der Waals surface area contributed by atoms with Crippen LogP contribution >= 0.6 is 12.4 Å². The number of fused-ring (bicyclic) bond motifs is 1. The number of hydrogen-bond acceptors (Lipinski definition) is 2. The number of halogens is 1. The topological polar surface area (TPSA) is 44.0 Å². The third-order valence-corrected chi connectivity index (χ3v) is 5.96. The Bertz CT molecular complexity index is 926. The third-order valence-electron chi connectivity index (χ3n) is 5.96. The molecule has 166 valence electrons. The van der Waals surface area contributed by atoms with Crippen LogP contribution in [0, 0.1) is 5.92 Å². The molecular weight excluding hydrogens is 406 g/mol. The van der Waals surface area contributed by atoms with E-state index in [0.717, 1.165) is 11.7 Å². The van der Waals surface area contributed by atoms with Gasteiger partial charge < -0.3 is 15.1 Å². The number of ether oxygens (including phenoxy) is 1. The van der Waals surface area contributed by atoms with Crippen LogP contribution in [0.4, 0.5) is 0 Å². The monoisotopic (exact) mass is 439 g/mol. The average molecular weight is 440 g/mol. The molecule has 3 nitrogen and oxygen atoms in total. The second kappa shape index (κ2) is 11.9. The van der Waals surface area contributed by atoms with Crippen molar-refractivity contribution in [3.05, 3.63) is 89.5 Å². The minimum Gasteiger partial charge on any atom is -0.489 e. The second-order valence-electron chi connectivity index (χ2n) is 8.48. The molecule has 1 unspecified atom stereocenters. The molecule has 4 heteroatoms. The molecule has 0 radical (unpaired) electrons. The van der Waals surface area contributed by atoms with Crippen molar-refractivity contribution >= 4 is 12.4 Å². The van der Waals surface area contributed by atoms with E-state index in [1.807, 2.05) is 6.07 Å². The first-order valence-electron chi connectivity index (χ1n) is 10.7. The molecule has 0 amide bonds. The highest BCUT2D eigenvalue weighted by Crippen LogP contribution is 2.30. The molecule has 0 saturated carbocycles. The fourth-order valence-electron chi connectivity index (χ4n) is 4.17. The van der Waals surface area contributed by atoms with Crippen LogP contribution in [-0.2, 0) is 19.4 Å². The Labute approximate surface area is 192 Å². The van der Waals surface area contributed by atoms with E-state index >= 15 is 0 Å². The van der Waals surface area contributed by atoms with Gasteiger partial charge >= 0.3 is 0 Å². The van der Waals surface area contributed by atoms with Crippen molar-refractivity contribution in [2.45, 2.75) is 32.3 Å². The van der Waals surface area contributed by atoms with Gasteiger partial charge in [0.25, 0.3) is 0 Å². The molecular formula is C27H34ClNO2. The Morgan fingerprint density at radius 2 is 1.58 bits per heavy atom. The molecule has 1 aliphatic carbocycles. The van der Waals surface area contributed by atoms with Crippen molar-refractivity contribution in [2.75, 3.05) is 20.6 Å². The zero-order valence-corrected chi connectivity index (χ0v) is 19.3. The molecule has 0 fully saturated rings. The van der Waals surface area contributed by atoms with Gasteiger partial charge in [0.15, 0.2) is 0 Å². The predicted octanol–water partition coefficient (Wildman–Crippen LogP) is 5.59. The fraction of sp³-hybridized carbons (Fsp3) is 0.333. The molecule has 0 aliphatic heterocycles. The lowest BCUT2D eigenvalue weighted by atomic mass is 9.82. The van der Waals surface area contributed by atoms with Crippen LogP contribution < -0.4 is 4.74 Å². The summed E-state index contributed by atoms with van der Waals surface area (Å²) in [5.41, 5.74) is 6.68. The highest BCUT2D eigenvalue weighted by atomic mass is 35.5. The van der Waals surface area contributed by atoms with E-state index in [0.29, 0.717) is 6.61 Å². The van der Waals surface area contributed by atoms with Crippen LogP contribution in [-0.4, -0.2) is 31.0 Å². The van der Waals surface area contributed by atoms with E-state index in [2.05, 4.69) is 85.7 Å². The molecule has 0 spiro atoms. The van der Waals surface area contributed by atoms with E-state index in [-0.39, 0.29) is 17.9 Å². The van der Waals surface area contributed by atoms with E-state index < -0.39 is 0 Å². The molecule has 0 saturated heterocycles. The smallest absolute Gasteiger partial charge is 0.120 e. The Morgan fingerprint density at radius 1 is 0.871 bits per heavy atom. The van der Waals surface area contributed by atoms with Crippen LogP contribution in [0.5, 0.6) is 5.75 Å². The predicted molar refractivity (Wildman–Crippen MR) is 132 cm³/mol. The third kappa shape index (κ3) is 6.83. The van der Waals surface area contributed by atoms with Crippen LogP contribution in [0.2, 0.25) is 0 Å². The number of benzene rings is 3. The summed E-state index contributed by atoms with van der Waals surface area (Å²) in [6.07, 6.45) is 4.98. The maximum absolute atomic E-state index is 6.10. The van der Waals surface area contributed by atoms with Crippen molar-refractivity contribution in [1.29, 1.82) is 0 Å². The lowest BCUT2D eigenvalue weighted by molar-refractivity contribution is 0.304. The summed E-state index contributed by atoms with van der Waals surface area (Å²) in [6.45, 7) is 1.80. The minimum absolute atomic E-state index is 0. The summed E-state index contributed by atoms with van der Waals surface area (Å²) in [4.78, 5) is 2.29. The van der Waals surface area contributed by atoms with Crippen molar-refractivity contribution < 1.29 is 10.2 Å². The standard InChI is InChI=1S/C27H31NO.ClH.H2O/c1-28(2)17-16-21-8-13-26-19-27(15-14-25(26)18-21)29-20-22-9-11-24(12-10-22)23-6-4-3-5-7-23;;/h3-7,9-12,14-15,19,21H,8,13,16-18,20H2,1-2H3;1H;1H2. The number of aryl methyl sites for hydroxylation is 1. The van der Waals surface area contributed by atoms with Crippen LogP contribution in [0.15, 0.2) is 72.8 Å². The Hall–Kier alpha value is -2.33. The van der Waals surface area contributed by atoms with Crippen molar-refractivity contribution in [1.82, 2.24) is 4.90 Å². The molecule has 31 heavy (non-hydrogen) atoms. The largest absolute Gasteiger partial charge is 0.489 e. The number of nitrogens with zero attached hydrogens (tertiary/aromatic N) is 1. The normalized spacial score (nSPS) is 14.9. The molecule has 3 aromatic rings. The van der Waals surface area contributed by atoms with Gasteiger partial charge in [0, 0.05) is 0 Å². The van der Waals surface area contributed by atoms with Crippen molar-refractivity contribution in [3.8, 4) is 16.9 Å². The molecule has 1 atom stereocenters. The lowest BCUT2D eigenvalue weighted by Crippen LogP contribution is -2.21. The van der Waals surface area contributed by atoms with Gasteiger partial charge in [0.2, 0.25) is 0 Å². The van der Waals surface area contributed by atoms with Gasteiger partial charge in [-0.2, -0.15) is 0 Å². The summed E-state index contributed by atoms with van der Waals surface area (Å²) < 4.78 is 6.10. The minimum atomic E-state index is 0. The first-order chi connectivity index (χ1) is 14.2. The molecule has 4 rings (SSSR count). The fourth-order valence-corrected chi connectivity index (χ4v) is 4.17. The molecule has 2 N–H and O–H groups in total. The summed E-state index contributed by atoms with van der Waals surface area (Å²) in [5, 5.41) is 0. The second-order valence-corrected chi connectivity index (χ2v) is 8.48. The SMILES string of the molecule is CN(C)CCC1CCc2cc(OCc3ccc(-c4ccccc4)cc3)ccc2C1.Cl.O. The lowest BCUT2D eigenvalue weighted by Gasteiger charge is -2.26. The molecule has 0 aromatic heterocycles. The van der Waals surface area contributed by atoms with Crippen LogP contribution in [0.25, 0.3) is 11.1 Å². The van der Waals surface area contributed by atoms with Crippen LogP contribution in [0.1, 0.15) is 29.5 Å². The van der Waals surface area contributed by atoms with Crippen LogP contribution in [0.3, 0.4) is 0 Å². The average Bonchev–Trinajstić information content (AvgIpc) is 2.77. The Kier molecular flexibility index (Phi) is 9.57. The first-order valence-corrected chi connectivity index (χ1v) is 10.7. The van der Waals surface area contributed by atoms with Gasteiger partial charge in [0.1, 0.15) is 12.4 Å². The molecule has 0 bridgehead atoms. The van der Waals surface area contributed by atoms with Crippen molar-refractivity contribution in [2.24, 2.45) is 5.92 Å². The number of hydrogen-bond donors (Lipinski definition) is 0. The van der Waals surface area contributed by atoms with Gasteiger partial charge in [-0.1, -0.05) is 60.7 Å². The summed E-state index contributed by atoms with van der Waals surface area (Å²) in [5.74, 6) is 1.81. The highest BCUT2D eigenvalue weighted by Gasteiger charge is 2.19. The van der Waals surface area contributed by atoms with Gasteiger partial charge in [-0.3, -0.25) is 0 Å². The maximum Gasteiger partial charge on any atom is 0.120 e. The van der Waals surface area contributed by atoms with Gasteiger partial charge in [-0.25, -0.2) is 0 Å². The Morgan fingerprint density at radius 3 is 2.29 bits per heavy atom. The zero-order valence-electron chi connectivity index (χ0n) is 18.5. The van der Waals surface area contributed by atoms with E-state index in [1.54, 1.807) is 0 Å². The number of rotatable bonds is 7. The summed E-state index contributed by atoms with van der Waals surface area (Å²) in [6, 6.07) is 25.9. The van der Waals surface area contributed by atoms with Crippen molar-refractivity contribution in [3.63, 3.8) is 0 Å². The quantitative estimate of drug-likeness (QED) is 0.481. The molecule has 3 aromatic carbocycles. The van der Waals surface area contributed by atoms with Gasteiger partial charge in [-0.05, 0) is 92.2 Å². The van der Waals surface area contributed by atoms with Gasteiger partial charge in [0.05, 0.1) is 0 Å². The zero-order chi connectivity index (χ0) is 20.1. The van der Waals surface area contributed by atoms with Gasteiger partial charge in [-0.15, -0.1) is 12.4 Å². The van der Waals surface area contributed by atoms with E-state index in [9.17, 15) is 0 Å². The maximum atomic E-state index is 6.10.